The third kappa shape index (κ3) is 2.72. The normalized spacial score (nSPS) is 14.7. The molecule has 0 heterocycles. The zero-order valence-electron chi connectivity index (χ0n) is 10.1. The highest BCUT2D eigenvalue weighted by molar-refractivity contribution is 5.39. The second kappa shape index (κ2) is 5.17. The minimum Gasteiger partial charge on any atom is -0.496 e. The van der Waals surface area contributed by atoms with Crippen molar-refractivity contribution in [2.75, 3.05) is 13.7 Å². The Morgan fingerprint density at radius 2 is 2.00 bits per heavy atom. The van der Waals surface area contributed by atoms with Crippen molar-refractivity contribution >= 4 is 0 Å². The second-order valence-corrected chi connectivity index (χ2v) is 4.25. The van der Waals surface area contributed by atoms with Crippen LogP contribution in [0.5, 0.6) is 5.75 Å². The Kier molecular flexibility index (Phi) is 4.15. The standard InChI is InChI=1S/C13H21NO/c1-9-5-6-13(15-4)12(7-9)11(3)10(2)8-14/h5-7,10-11H,8,14H2,1-4H3. The Hall–Kier alpha value is -1.02. The van der Waals surface area contributed by atoms with Crippen molar-refractivity contribution in [2.45, 2.75) is 26.7 Å². The van der Waals surface area contributed by atoms with E-state index in [4.69, 9.17) is 10.5 Å². The van der Waals surface area contributed by atoms with Crippen LogP contribution >= 0.6 is 0 Å². The molecule has 0 aliphatic carbocycles. The van der Waals surface area contributed by atoms with Gasteiger partial charge in [0.05, 0.1) is 7.11 Å². The van der Waals surface area contributed by atoms with Gasteiger partial charge in [0.2, 0.25) is 0 Å². The van der Waals surface area contributed by atoms with Gasteiger partial charge in [-0.2, -0.15) is 0 Å². The molecule has 0 saturated carbocycles. The predicted molar refractivity (Wildman–Crippen MR) is 64.4 cm³/mol. The van der Waals surface area contributed by atoms with E-state index >= 15 is 0 Å². The Morgan fingerprint density at radius 3 is 2.53 bits per heavy atom. The van der Waals surface area contributed by atoms with Crippen molar-refractivity contribution < 1.29 is 4.74 Å². The maximum Gasteiger partial charge on any atom is 0.122 e. The predicted octanol–water partition coefficient (Wildman–Crippen LogP) is 2.70. The molecule has 84 valence electrons. The molecule has 1 aromatic carbocycles. The maximum absolute atomic E-state index is 5.70. The fourth-order valence-corrected chi connectivity index (χ4v) is 1.72. The third-order valence-electron chi connectivity index (χ3n) is 3.10. The lowest BCUT2D eigenvalue weighted by Crippen LogP contribution is -2.17. The summed E-state index contributed by atoms with van der Waals surface area (Å²) >= 11 is 0. The Labute approximate surface area is 92.4 Å². The van der Waals surface area contributed by atoms with Gasteiger partial charge in [-0.15, -0.1) is 0 Å². The molecule has 2 unspecified atom stereocenters. The summed E-state index contributed by atoms with van der Waals surface area (Å²) in [5, 5.41) is 0. The summed E-state index contributed by atoms with van der Waals surface area (Å²) in [6, 6.07) is 6.29. The van der Waals surface area contributed by atoms with Gasteiger partial charge in [-0.25, -0.2) is 0 Å². The van der Waals surface area contributed by atoms with E-state index < -0.39 is 0 Å². The fourth-order valence-electron chi connectivity index (χ4n) is 1.72. The van der Waals surface area contributed by atoms with Gasteiger partial charge in [0.15, 0.2) is 0 Å². The average molecular weight is 207 g/mol. The lowest BCUT2D eigenvalue weighted by molar-refractivity contribution is 0.396. The largest absolute Gasteiger partial charge is 0.496 e. The summed E-state index contributed by atoms with van der Waals surface area (Å²) in [5.74, 6) is 1.87. The van der Waals surface area contributed by atoms with Gasteiger partial charge in [0.1, 0.15) is 5.75 Å². The Morgan fingerprint density at radius 1 is 1.33 bits per heavy atom. The van der Waals surface area contributed by atoms with E-state index in [2.05, 4.69) is 32.9 Å². The van der Waals surface area contributed by atoms with E-state index in [1.807, 2.05) is 6.07 Å². The second-order valence-electron chi connectivity index (χ2n) is 4.25. The molecule has 0 amide bonds. The maximum atomic E-state index is 5.70. The van der Waals surface area contributed by atoms with E-state index in [1.54, 1.807) is 7.11 Å². The number of rotatable bonds is 4. The average Bonchev–Trinajstić information content (AvgIpc) is 2.27. The molecule has 0 spiro atoms. The van der Waals surface area contributed by atoms with Crippen molar-refractivity contribution in [2.24, 2.45) is 11.7 Å². The molecular formula is C13H21NO. The Bertz CT molecular complexity index is 322. The van der Waals surface area contributed by atoms with Crippen molar-refractivity contribution in [3.05, 3.63) is 29.3 Å². The van der Waals surface area contributed by atoms with Crippen LogP contribution in [-0.4, -0.2) is 13.7 Å². The van der Waals surface area contributed by atoms with Crippen molar-refractivity contribution in [1.82, 2.24) is 0 Å². The van der Waals surface area contributed by atoms with Crippen LogP contribution in [0.3, 0.4) is 0 Å². The zero-order valence-corrected chi connectivity index (χ0v) is 10.1. The minimum absolute atomic E-state index is 0.435. The number of methoxy groups -OCH3 is 1. The van der Waals surface area contributed by atoms with Crippen molar-refractivity contribution in [3.8, 4) is 5.75 Å². The highest BCUT2D eigenvalue weighted by Crippen LogP contribution is 2.31. The lowest BCUT2D eigenvalue weighted by Gasteiger charge is -2.21. The van der Waals surface area contributed by atoms with Gasteiger partial charge in [-0.05, 0) is 36.9 Å². The topological polar surface area (TPSA) is 35.2 Å². The molecule has 0 bridgehead atoms. The minimum atomic E-state index is 0.435. The van der Waals surface area contributed by atoms with Gasteiger partial charge in [-0.3, -0.25) is 0 Å². The van der Waals surface area contributed by atoms with Gasteiger partial charge in [0, 0.05) is 0 Å². The highest BCUT2D eigenvalue weighted by atomic mass is 16.5. The molecule has 2 nitrogen and oxygen atoms in total. The summed E-state index contributed by atoms with van der Waals surface area (Å²) in [5.41, 5.74) is 8.22. The molecule has 0 aromatic heterocycles. The summed E-state index contributed by atoms with van der Waals surface area (Å²) in [6.07, 6.45) is 0. The first-order valence-electron chi connectivity index (χ1n) is 5.44. The molecule has 0 saturated heterocycles. The fraction of sp³-hybridized carbons (Fsp3) is 0.538. The molecule has 2 atom stereocenters. The molecule has 2 N–H and O–H groups in total. The smallest absolute Gasteiger partial charge is 0.122 e. The number of ether oxygens (including phenoxy) is 1. The molecule has 1 aromatic rings. The van der Waals surface area contributed by atoms with Crippen LogP contribution in [0, 0.1) is 12.8 Å². The lowest BCUT2D eigenvalue weighted by atomic mass is 9.87. The first kappa shape index (κ1) is 12.1. The van der Waals surface area contributed by atoms with E-state index in [0.29, 0.717) is 18.4 Å². The van der Waals surface area contributed by atoms with E-state index in [-0.39, 0.29) is 0 Å². The van der Waals surface area contributed by atoms with E-state index in [1.165, 1.54) is 11.1 Å². The summed E-state index contributed by atoms with van der Waals surface area (Å²) in [7, 11) is 1.72. The number of hydrogen-bond acceptors (Lipinski definition) is 2. The number of benzene rings is 1. The molecule has 2 heteroatoms. The molecule has 1 rings (SSSR count). The van der Waals surface area contributed by atoms with Crippen LogP contribution in [0.1, 0.15) is 30.9 Å². The number of hydrogen-bond donors (Lipinski definition) is 1. The zero-order chi connectivity index (χ0) is 11.4. The van der Waals surface area contributed by atoms with Crippen LogP contribution < -0.4 is 10.5 Å². The first-order chi connectivity index (χ1) is 7.10. The van der Waals surface area contributed by atoms with Crippen LogP contribution in [-0.2, 0) is 0 Å². The molecule has 0 aliphatic heterocycles. The number of nitrogens with two attached hydrogens (primary N) is 1. The van der Waals surface area contributed by atoms with Crippen molar-refractivity contribution in [1.29, 1.82) is 0 Å². The summed E-state index contributed by atoms with van der Waals surface area (Å²) in [6.45, 7) is 7.18. The van der Waals surface area contributed by atoms with Gasteiger partial charge in [0.25, 0.3) is 0 Å². The van der Waals surface area contributed by atoms with Gasteiger partial charge >= 0.3 is 0 Å². The van der Waals surface area contributed by atoms with Crippen LogP contribution in [0.2, 0.25) is 0 Å². The summed E-state index contributed by atoms with van der Waals surface area (Å²) in [4.78, 5) is 0. The quantitative estimate of drug-likeness (QED) is 0.824. The SMILES string of the molecule is COc1ccc(C)cc1C(C)C(C)CN. The van der Waals surface area contributed by atoms with Crippen LogP contribution in [0.25, 0.3) is 0 Å². The highest BCUT2D eigenvalue weighted by Gasteiger charge is 2.16. The molecule has 0 fully saturated rings. The molecule has 0 radical (unpaired) electrons. The van der Waals surface area contributed by atoms with Gasteiger partial charge in [-0.1, -0.05) is 31.5 Å². The monoisotopic (exact) mass is 207 g/mol. The Balaban J connectivity index is 3.05. The summed E-state index contributed by atoms with van der Waals surface area (Å²) < 4.78 is 5.38. The van der Waals surface area contributed by atoms with Crippen molar-refractivity contribution in [3.63, 3.8) is 0 Å². The molecular weight excluding hydrogens is 186 g/mol. The van der Waals surface area contributed by atoms with Crippen LogP contribution in [0.15, 0.2) is 18.2 Å². The first-order valence-corrected chi connectivity index (χ1v) is 5.44. The number of aryl methyl sites for hydroxylation is 1. The van der Waals surface area contributed by atoms with Crippen LogP contribution in [0.4, 0.5) is 0 Å². The third-order valence-corrected chi connectivity index (χ3v) is 3.10. The van der Waals surface area contributed by atoms with E-state index in [9.17, 15) is 0 Å². The van der Waals surface area contributed by atoms with Gasteiger partial charge < -0.3 is 10.5 Å². The van der Waals surface area contributed by atoms with E-state index in [0.717, 1.165) is 5.75 Å². The molecule has 0 aliphatic rings. The molecule has 15 heavy (non-hydrogen) atoms.